The van der Waals surface area contributed by atoms with Crippen LogP contribution >= 0.6 is 0 Å². The molecule has 0 heterocycles. The lowest BCUT2D eigenvalue weighted by atomic mass is 10.3. The summed E-state index contributed by atoms with van der Waals surface area (Å²) in [4.78, 5) is 16.8. The molecule has 0 aromatic heterocycles. The third kappa shape index (κ3) is 7.54. The monoisotopic (exact) mass is 212 g/mol. The number of hydrogen-bond acceptors (Lipinski definition) is 2. The van der Waals surface area contributed by atoms with E-state index in [-0.39, 0.29) is 5.91 Å². The molecule has 0 aliphatic heterocycles. The summed E-state index contributed by atoms with van der Waals surface area (Å²) >= 11 is 0. The molecule has 0 unspecified atom stereocenters. The first-order chi connectivity index (χ1) is 6.93. The van der Waals surface area contributed by atoms with Crippen molar-refractivity contribution in [3.05, 3.63) is 12.2 Å². The van der Waals surface area contributed by atoms with Gasteiger partial charge in [-0.15, -0.1) is 0 Å². The molecule has 0 radical (unpaired) electrons. The van der Waals surface area contributed by atoms with E-state index in [9.17, 15) is 4.79 Å². The van der Waals surface area contributed by atoms with Crippen LogP contribution in [0.3, 0.4) is 0 Å². The molecule has 0 aliphatic rings. The molecule has 0 saturated heterocycles. The molecule has 0 bridgehead atoms. The van der Waals surface area contributed by atoms with E-state index in [0.29, 0.717) is 25.5 Å². The molecule has 0 aromatic carbocycles. The van der Waals surface area contributed by atoms with Crippen molar-refractivity contribution in [3.8, 4) is 0 Å². The Labute approximate surface area is 91.0 Å². The van der Waals surface area contributed by atoms with Crippen LogP contribution in [0.25, 0.3) is 0 Å². The molecule has 0 saturated carbocycles. The molecule has 0 spiro atoms. The van der Waals surface area contributed by atoms with Crippen LogP contribution in [-0.2, 0) is 4.79 Å². The summed E-state index contributed by atoms with van der Waals surface area (Å²) in [6, 6.07) is 0. The maximum atomic E-state index is 11.2. The Morgan fingerprint density at radius 3 is 2.60 bits per heavy atom. The molecule has 15 heavy (non-hydrogen) atoms. The first-order valence-electron chi connectivity index (χ1n) is 4.81. The van der Waals surface area contributed by atoms with Crippen molar-refractivity contribution in [2.45, 2.75) is 13.3 Å². The molecule has 0 atom stereocenters. The molecule has 0 rings (SSSR count). The van der Waals surface area contributed by atoms with Crippen LogP contribution in [0.5, 0.6) is 0 Å². The van der Waals surface area contributed by atoms with Gasteiger partial charge in [-0.1, -0.05) is 12.2 Å². The minimum absolute atomic E-state index is 0.0650. The second-order valence-electron chi connectivity index (χ2n) is 3.62. The first kappa shape index (κ1) is 13.5. The van der Waals surface area contributed by atoms with Crippen molar-refractivity contribution >= 4 is 11.9 Å². The predicted octanol–water partition coefficient (Wildman–Crippen LogP) is -0.0549. The van der Waals surface area contributed by atoms with E-state index in [0.717, 1.165) is 5.57 Å². The van der Waals surface area contributed by atoms with Crippen molar-refractivity contribution in [2.24, 2.45) is 10.7 Å². The number of guanidine groups is 1. The third-order valence-corrected chi connectivity index (χ3v) is 1.66. The summed E-state index contributed by atoms with van der Waals surface area (Å²) in [6.07, 6.45) is 0.413. The van der Waals surface area contributed by atoms with Gasteiger partial charge in [-0.3, -0.25) is 4.79 Å². The first-order valence-corrected chi connectivity index (χ1v) is 4.81. The van der Waals surface area contributed by atoms with Crippen molar-refractivity contribution < 1.29 is 4.79 Å². The van der Waals surface area contributed by atoms with Crippen LogP contribution in [0.2, 0.25) is 0 Å². The standard InChI is InChI=1S/C10H20N4O/c1-8(2)7-13-10(11)12-6-5-9(15)14(3)4/h1,5-7H2,2-4H3,(H3,11,12,13). The highest BCUT2D eigenvalue weighted by atomic mass is 16.2. The Kier molecular flexibility index (Phi) is 6.17. The minimum atomic E-state index is 0.0650. The molecular formula is C10H20N4O. The Bertz CT molecular complexity index is 258. The molecule has 86 valence electrons. The maximum absolute atomic E-state index is 11.2. The van der Waals surface area contributed by atoms with Gasteiger partial charge in [-0.05, 0) is 6.92 Å². The molecule has 1 amide bonds. The van der Waals surface area contributed by atoms with E-state index in [1.807, 2.05) is 6.92 Å². The van der Waals surface area contributed by atoms with E-state index in [4.69, 9.17) is 5.73 Å². The average Bonchev–Trinajstić information content (AvgIpc) is 2.14. The molecule has 5 nitrogen and oxygen atoms in total. The number of aliphatic imine (C=N–C) groups is 1. The Morgan fingerprint density at radius 2 is 2.13 bits per heavy atom. The number of amides is 1. The van der Waals surface area contributed by atoms with E-state index >= 15 is 0 Å². The van der Waals surface area contributed by atoms with E-state index < -0.39 is 0 Å². The van der Waals surface area contributed by atoms with Gasteiger partial charge in [0.25, 0.3) is 0 Å². The number of hydrogen-bond donors (Lipinski definition) is 2. The fourth-order valence-electron chi connectivity index (χ4n) is 0.797. The van der Waals surface area contributed by atoms with E-state index in [1.165, 1.54) is 0 Å². The summed E-state index contributed by atoms with van der Waals surface area (Å²) in [5.74, 6) is 0.416. The average molecular weight is 212 g/mol. The van der Waals surface area contributed by atoms with Crippen molar-refractivity contribution in [2.75, 3.05) is 27.2 Å². The van der Waals surface area contributed by atoms with Crippen LogP contribution in [0, 0.1) is 0 Å². The topological polar surface area (TPSA) is 70.7 Å². The number of rotatable bonds is 5. The van der Waals surface area contributed by atoms with Gasteiger partial charge < -0.3 is 16.0 Å². The molecular weight excluding hydrogens is 192 g/mol. The molecule has 0 aromatic rings. The highest BCUT2D eigenvalue weighted by Gasteiger charge is 2.02. The predicted molar refractivity (Wildman–Crippen MR) is 62.6 cm³/mol. The number of nitrogens with two attached hydrogens (primary N) is 1. The normalized spacial score (nSPS) is 11.0. The number of nitrogens with one attached hydrogen (secondary N) is 1. The quantitative estimate of drug-likeness (QED) is 0.381. The number of nitrogens with zero attached hydrogens (tertiary/aromatic N) is 2. The van der Waals surface area contributed by atoms with Crippen LogP contribution in [0.1, 0.15) is 13.3 Å². The van der Waals surface area contributed by atoms with Gasteiger partial charge in [0.15, 0.2) is 5.96 Å². The van der Waals surface area contributed by atoms with Crippen LogP contribution < -0.4 is 11.1 Å². The molecule has 5 heteroatoms. The summed E-state index contributed by atoms with van der Waals surface area (Å²) in [5, 5.41) is 2.86. The smallest absolute Gasteiger partial charge is 0.223 e. The van der Waals surface area contributed by atoms with Crippen molar-refractivity contribution in [1.29, 1.82) is 0 Å². The van der Waals surface area contributed by atoms with Crippen molar-refractivity contribution in [1.82, 2.24) is 10.2 Å². The fraction of sp³-hybridized carbons (Fsp3) is 0.600. The highest BCUT2D eigenvalue weighted by molar-refractivity contribution is 5.79. The minimum Gasteiger partial charge on any atom is -0.370 e. The lowest BCUT2D eigenvalue weighted by Gasteiger charge is -2.10. The molecule has 0 aliphatic carbocycles. The Morgan fingerprint density at radius 1 is 1.53 bits per heavy atom. The summed E-state index contributed by atoms with van der Waals surface area (Å²) in [5.41, 5.74) is 6.51. The van der Waals surface area contributed by atoms with Gasteiger partial charge in [0.05, 0.1) is 6.54 Å². The van der Waals surface area contributed by atoms with Crippen LogP contribution in [0.15, 0.2) is 17.1 Å². The zero-order valence-corrected chi connectivity index (χ0v) is 9.71. The second kappa shape index (κ2) is 6.86. The fourth-order valence-corrected chi connectivity index (χ4v) is 0.797. The highest BCUT2D eigenvalue weighted by Crippen LogP contribution is 1.87. The van der Waals surface area contributed by atoms with Crippen molar-refractivity contribution in [3.63, 3.8) is 0 Å². The Hall–Kier alpha value is -1.52. The van der Waals surface area contributed by atoms with Crippen LogP contribution in [-0.4, -0.2) is 44.0 Å². The zero-order valence-electron chi connectivity index (χ0n) is 9.71. The largest absolute Gasteiger partial charge is 0.370 e. The maximum Gasteiger partial charge on any atom is 0.223 e. The van der Waals surface area contributed by atoms with Crippen LogP contribution in [0.4, 0.5) is 0 Å². The van der Waals surface area contributed by atoms with Gasteiger partial charge in [0, 0.05) is 27.1 Å². The van der Waals surface area contributed by atoms with Gasteiger partial charge in [-0.2, -0.15) is 0 Å². The summed E-state index contributed by atoms with van der Waals surface area (Å²) in [7, 11) is 3.45. The van der Waals surface area contributed by atoms with Gasteiger partial charge in [-0.25, -0.2) is 4.99 Å². The zero-order chi connectivity index (χ0) is 11.8. The summed E-state index contributed by atoms with van der Waals surface area (Å²) < 4.78 is 0. The van der Waals surface area contributed by atoms with Gasteiger partial charge in [0.2, 0.25) is 5.91 Å². The van der Waals surface area contributed by atoms with E-state index in [2.05, 4.69) is 16.9 Å². The Balaban J connectivity index is 3.72. The van der Waals surface area contributed by atoms with Gasteiger partial charge in [0.1, 0.15) is 0 Å². The third-order valence-electron chi connectivity index (χ3n) is 1.66. The lowest BCUT2D eigenvalue weighted by Crippen LogP contribution is -2.35. The van der Waals surface area contributed by atoms with E-state index in [1.54, 1.807) is 19.0 Å². The second-order valence-corrected chi connectivity index (χ2v) is 3.62. The molecule has 0 fully saturated rings. The number of carbonyl (C=O) groups excluding carboxylic acids is 1. The number of carbonyl (C=O) groups is 1. The van der Waals surface area contributed by atoms with Gasteiger partial charge >= 0.3 is 0 Å². The molecule has 3 N–H and O–H groups in total. The lowest BCUT2D eigenvalue weighted by molar-refractivity contribution is -0.128. The SMILES string of the molecule is C=C(C)CN=C(N)NCCC(=O)N(C)C. The summed E-state index contributed by atoms with van der Waals surface area (Å²) in [6.45, 7) is 6.61.